The molecule has 2 aromatic heterocycles. The van der Waals surface area contributed by atoms with E-state index in [1.165, 1.54) is 0 Å². The Morgan fingerprint density at radius 1 is 1.12 bits per heavy atom. The average Bonchev–Trinajstić information content (AvgIpc) is 3.05. The summed E-state index contributed by atoms with van der Waals surface area (Å²) >= 11 is 0. The van der Waals surface area contributed by atoms with Crippen LogP contribution in [-0.4, -0.2) is 18.1 Å². The molecule has 25 heavy (non-hydrogen) atoms. The van der Waals surface area contributed by atoms with E-state index >= 15 is 0 Å². The van der Waals surface area contributed by atoms with Crippen LogP contribution in [0, 0.1) is 27.7 Å². The molecule has 0 radical (unpaired) electrons. The molecular weight excluding hydrogens is 338 g/mol. The average molecular weight is 359 g/mol. The van der Waals surface area contributed by atoms with E-state index in [9.17, 15) is 8.42 Å². The third-order valence-corrected chi connectivity index (χ3v) is 5.88. The van der Waals surface area contributed by atoms with E-state index in [-0.39, 0.29) is 11.4 Å². The quantitative estimate of drug-likeness (QED) is 0.759. The van der Waals surface area contributed by atoms with Gasteiger partial charge < -0.3 is 9.09 Å². The molecule has 0 aliphatic carbocycles. The number of rotatable bonds is 5. The van der Waals surface area contributed by atoms with Crippen molar-refractivity contribution >= 4 is 10.0 Å². The lowest BCUT2D eigenvalue weighted by molar-refractivity contribution is 0.390. The van der Waals surface area contributed by atoms with Crippen molar-refractivity contribution in [3.63, 3.8) is 0 Å². The van der Waals surface area contributed by atoms with Crippen molar-refractivity contribution in [2.45, 2.75) is 39.1 Å². The van der Waals surface area contributed by atoms with Gasteiger partial charge in [0, 0.05) is 23.6 Å². The van der Waals surface area contributed by atoms with Crippen LogP contribution in [0.5, 0.6) is 0 Å². The molecule has 3 aromatic rings. The topological polar surface area (TPSA) is 77.1 Å². The fourth-order valence-electron chi connectivity index (χ4n) is 3.09. The summed E-state index contributed by atoms with van der Waals surface area (Å²) < 4.78 is 34.9. The first kappa shape index (κ1) is 17.4. The lowest BCUT2D eigenvalue weighted by Crippen LogP contribution is -2.24. The van der Waals surface area contributed by atoms with Crippen LogP contribution in [-0.2, 0) is 16.6 Å². The van der Waals surface area contributed by atoms with Crippen LogP contribution in [0.1, 0.15) is 28.4 Å². The zero-order chi connectivity index (χ0) is 18.2. The maximum atomic E-state index is 12.6. The summed E-state index contributed by atoms with van der Waals surface area (Å²) in [4.78, 5) is 0.115. The number of hydrogen-bond donors (Lipinski definition) is 1. The Balaban J connectivity index is 1.88. The highest BCUT2D eigenvalue weighted by Crippen LogP contribution is 2.22. The van der Waals surface area contributed by atoms with Gasteiger partial charge in [-0.25, -0.2) is 13.1 Å². The predicted molar refractivity (Wildman–Crippen MR) is 95.2 cm³/mol. The lowest BCUT2D eigenvalue weighted by Gasteiger charge is -2.10. The maximum Gasteiger partial charge on any atom is 0.246 e. The van der Waals surface area contributed by atoms with Crippen LogP contribution < -0.4 is 4.72 Å². The molecule has 3 rings (SSSR count). The van der Waals surface area contributed by atoms with Crippen molar-refractivity contribution in [1.82, 2.24) is 14.4 Å². The molecular formula is C18H21N3O3S. The first-order chi connectivity index (χ1) is 11.8. The van der Waals surface area contributed by atoms with Crippen LogP contribution in [0.2, 0.25) is 0 Å². The molecule has 0 aliphatic rings. The van der Waals surface area contributed by atoms with E-state index in [0.29, 0.717) is 11.5 Å². The van der Waals surface area contributed by atoms with E-state index in [2.05, 4.69) is 14.4 Å². The molecule has 0 amide bonds. The second kappa shape index (κ2) is 6.50. The summed E-state index contributed by atoms with van der Waals surface area (Å²) in [7, 11) is -3.68. The zero-order valence-corrected chi connectivity index (χ0v) is 15.5. The molecule has 2 heterocycles. The summed E-state index contributed by atoms with van der Waals surface area (Å²) in [6.45, 7) is 7.41. The maximum absolute atomic E-state index is 12.6. The third-order valence-electron chi connectivity index (χ3n) is 4.24. The number of nitrogens with zero attached hydrogens (tertiary/aromatic N) is 2. The normalized spacial score (nSPS) is 11.8. The molecule has 1 N–H and O–H groups in total. The molecule has 6 nitrogen and oxygen atoms in total. The van der Waals surface area contributed by atoms with E-state index in [0.717, 1.165) is 22.6 Å². The van der Waals surface area contributed by atoms with Gasteiger partial charge in [0.1, 0.15) is 10.6 Å². The van der Waals surface area contributed by atoms with Crippen LogP contribution in [0.25, 0.3) is 5.69 Å². The van der Waals surface area contributed by atoms with Crippen molar-refractivity contribution in [2.24, 2.45) is 0 Å². The van der Waals surface area contributed by atoms with E-state index < -0.39 is 10.0 Å². The SMILES string of the molecule is Cc1noc(C)c1S(=O)(=O)NCc1cc(C)n(-c2ccccc2)c1C. The van der Waals surface area contributed by atoms with E-state index in [4.69, 9.17) is 4.52 Å². The van der Waals surface area contributed by atoms with Crippen LogP contribution in [0.4, 0.5) is 0 Å². The van der Waals surface area contributed by atoms with Gasteiger partial charge in [-0.05, 0) is 51.5 Å². The molecule has 132 valence electrons. The van der Waals surface area contributed by atoms with Gasteiger partial charge >= 0.3 is 0 Å². The lowest BCUT2D eigenvalue weighted by atomic mass is 10.2. The van der Waals surface area contributed by atoms with Crippen LogP contribution in [0.3, 0.4) is 0 Å². The van der Waals surface area contributed by atoms with Gasteiger partial charge in [0.2, 0.25) is 10.0 Å². The van der Waals surface area contributed by atoms with Crippen molar-refractivity contribution < 1.29 is 12.9 Å². The minimum absolute atomic E-state index is 0.115. The molecule has 0 aliphatic heterocycles. The fourth-order valence-corrected chi connectivity index (χ4v) is 4.42. The van der Waals surface area contributed by atoms with Gasteiger partial charge in [0.15, 0.2) is 5.76 Å². The van der Waals surface area contributed by atoms with Gasteiger partial charge in [-0.1, -0.05) is 23.4 Å². The number of benzene rings is 1. The number of hydrogen-bond acceptors (Lipinski definition) is 4. The highest BCUT2D eigenvalue weighted by Gasteiger charge is 2.24. The number of aryl methyl sites for hydroxylation is 3. The molecule has 1 aromatic carbocycles. The zero-order valence-electron chi connectivity index (χ0n) is 14.7. The van der Waals surface area contributed by atoms with Gasteiger partial charge in [-0.15, -0.1) is 0 Å². The van der Waals surface area contributed by atoms with Gasteiger partial charge in [-0.2, -0.15) is 0 Å². The van der Waals surface area contributed by atoms with Crippen LogP contribution >= 0.6 is 0 Å². The van der Waals surface area contributed by atoms with Crippen molar-refractivity contribution in [3.8, 4) is 5.69 Å². The second-order valence-corrected chi connectivity index (χ2v) is 7.75. The molecule has 0 saturated heterocycles. The number of nitrogens with one attached hydrogen (secondary N) is 1. The molecule has 7 heteroatoms. The summed E-state index contributed by atoms with van der Waals surface area (Å²) in [5, 5.41) is 3.71. The van der Waals surface area contributed by atoms with Gasteiger partial charge in [0.25, 0.3) is 0 Å². The van der Waals surface area contributed by atoms with Crippen molar-refractivity contribution in [1.29, 1.82) is 0 Å². The predicted octanol–water partition coefficient (Wildman–Crippen LogP) is 3.18. The highest BCUT2D eigenvalue weighted by atomic mass is 32.2. The summed E-state index contributed by atoms with van der Waals surface area (Å²) in [6.07, 6.45) is 0. The smallest absolute Gasteiger partial charge is 0.246 e. The molecule has 0 bridgehead atoms. The Kier molecular flexibility index (Phi) is 4.53. The minimum atomic E-state index is -3.68. The van der Waals surface area contributed by atoms with Crippen molar-refractivity contribution in [2.75, 3.05) is 0 Å². The Bertz CT molecular complexity index is 982. The van der Waals surface area contributed by atoms with Gasteiger partial charge in [-0.3, -0.25) is 0 Å². The molecule has 0 atom stereocenters. The largest absolute Gasteiger partial charge is 0.360 e. The van der Waals surface area contributed by atoms with Gasteiger partial charge in [0.05, 0.1) is 0 Å². The standard InChI is InChI=1S/C18H21N3O3S/c1-12-10-16(14(3)21(12)17-8-6-5-7-9-17)11-19-25(22,23)18-13(2)20-24-15(18)4/h5-10,19H,11H2,1-4H3. The Hall–Kier alpha value is -2.38. The number of para-hydroxylation sites is 1. The summed E-state index contributed by atoms with van der Waals surface area (Å²) in [6, 6.07) is 12.0. The molecule has 0 fully saturated rings. The number of aromatic nitrogens is 2. The van der Waals surface area contributed by atoms with E-state index in [1.807, 2.05) is 50.2 Å². The van der Waals surface area contributed by atoms with E-state index in [1.54, 1.807) is 13.8 Å². The monoisotopic (exact) mass is 359 g/mol. The molecule has 0 saturated carbocycles. The highest BCUT2D eigenvalue weighted by molar-refractivity contribution is 7.89. The Morgan fingerprint density at radius 2 is 1.80 bits per heavy atom. The van der Waals surface area contributed by atoms with Crippen molar-refractivity contribution in [3.05, 3.63) is 64.8 Å². The summed E-state index contributed by atoms with van der Waals surface area (Å²) in [5.74, 6) is 0.291. The fraction of sp³-hybridized carbons (Fsp3) is 0.278. The second-order valence-electron chi connectivity index (χ2n) is 6.05. The third kappa shape index (κ3) is 3.25. The first-order valence-corrected chi connectivity index (χ1v) is 9.45. The molecule has 0 unspecified atom stereocenters. The first-order valence-electron chi connectivity index (χ1n) is 7.97. The summed E-state index contributed by atoms with van der Waals surface area (Å²) in [5.41, 5.74) is 4.40. The molecule has 0 spiro atoms. The Morgan fingerprint density at radius 3 is 2.40 bits per heavy atom. The Labute approximate surface area is 147 Å². The minimum Gasteiger partial charge on any atom is -0.360 e. The van der Waals surface area contributed by atoms with Crippen LogP contribution in [0.15, 0.2) is 45.8 Å². The number of sulfonamides is 1.